The van der Waals surface area contributed by atoms with Crippen LogP contribution in [0.1, 0.15) is 175 Å². The maximum absolute atomic E-state index is 2.33. The Morgan fingerprint density at radius 2 is 0.500 bits per heavy atom. The van der Waals surface area contributed by atoms with Crippen molar-refractivity contribution in [1.82, 2.24) is 0 Å². The predicted molar refractivity (Wildman–Crippen MR) is 131 cm³/mol. The van der Waals surface area contributed by atoms with Gasteiger partial charge in [-0.15, -0.1) is 0 Å². The van der Waals surface area contributed by atoms with Crippen LogP contribution < -0.4 is 0 Å². The third-order valence-electron chi connectivity index (χ3n) is 6.65. The first-order valence-corrected chi connectivity index (χ1v) is 13.8. The Labute approximate surface area is 181 Å². The first-order valence-electron chi connectivity index (χ1n) is 13.8. The molecule has 0 atom stereocenters. The van der Waals surface area contributed by atoms with Crippen molar-refractivity contribution < 1.29 is 0 Å². The summed E-state index contributed by atoms with van der Waals surface area (Å²) in [5.74, 6) is 1.04. The second-order valence-electron chi connectivity index (χ2n) is 9.60. The van der Waals surface area contributed by atoms with E-state index in [0.29, 0.717) is 0 Å². The van der Waals surface area contributed by atoms with Gasteiger partial charge in [0.25, 0.3) is 0 Å². The van der Waals surface area contributed by atoms with Gasteiger partial charge in [-0.2, -0.15) is 0 Å². The molecule has 0 aliphatic heterocycles. The lowest BCUT2D eigenvalue weighted by Gasteiger charge is -2.17. The molecule has 0 saturated carbocycles. The molecule has 28 heavy (non-hydrogen) atoms. The highest BCUT2D eigenvalue weighted by Crippen LogP contribution is 2.24. The molecule has 0 N–H and O–H groups in total. The molecule has 0 aliphatic carbocycles. The van der Waals surface area contributed by atoms with Crippen molar-refractivity contribution in [2.45, 2.75) is 175 Å². The van der Waals surface area contributed by atoms with Gasteiger partial charge in [-0.05, 0) is 5.92 Å². The Hall–Kier alpha value is 0. The summed E-state index contributed by atoms with van der Waals surface area (Å²) in [6.07, 6.45) is 35.3. The Bertz CT molecular complexity index is 245. The molecule has 0 amide bonds. The monoisotopic (exact) mass is 394 g/mol. The summed E-state index contributed by atoms with van der Waals surface area (Å²) in [6.45, 7) is 6.97. The van der Waals surface area contributed by atoms with Crippen LogP contribution in [0.5, 0.6) is 0 Å². The first kappa shape index (κ1) is 28.0. The van der Waals surface area contributed by atoms with E-state index in [1.807, 2.05) is 0 Å². The van der Waals surface area contributed by atoms with Crippen LogP contribution in [-0.2, 0) is 0 Å². The van der Waals surface area contributed by atoms with Gasteiger partial charge in [0, 0.05) is 0 Å². The number of hydrogen-bond donors (Lipinski definition) is 0. The molecular weight excluding hydrogens is 336 g/mol. The molecule has 170 valence electrons. The van der Waals surface area contributed by atoms with Crippen molar-refractivity contribution in [3.63, 3.8) is 0 Å². The maximum atomic E-state index is 2.33. The van der Waals surface area contributed by atoms with Crippen molar-refractivity contribution in [2.24, 2.45) is 5.92 Å². The fourth-order valence-electron chi connectivity index (χ4n) is 4.60. The lowest BCUT2D eigenvalue weighted by atomic mass is 9.89. The van der Waals surface area contributed by atoms with E-state index in [9.17, 15) is 0 Å². The Kier molecular flexibility index (Phi) is 25.0. The van der Waals surface area contributed by atoms with E-state index >= 15 is 0 Å². The number of rotatable bonds is 24. The quantitative estimate of drug-likeness (QED) is 0.143. The smallest absolute Gasteiger partial charge is 0.0414 e. The fraction of sp³-hybridized carbons (Fsp3) is 1.00. The van der Waals surface area contributed by atoms with Gasteiger partial charge in [-0.3, -0.25) is 0 Å². The average molecular weight is 395 g/mol. The summed E-state index contributed by atoms with van der Waals surface area (Å²) in [7, 11) is 0. The van der Waals surface area contributed by atoms with E-state index < -0.39 is 0 Å². The van der Waals surface area contributed by atoms with Gasteiger partial charge in [-0.1, -0.05) is 175 Å². The zero-order valence-corrected chi connectivity index (χ0v) is 20.5. The lowest BCUT2D eigenvalue weighted by molar-refractivity contribution is 0.367. The highest BCUT2D eigenvalue weighted by Gasteiger charge is 2.08. The molecule has 0 spiro atoms. The molecule has 0 nitrogen and oxygen atoms in total. The Morgan fingerprint density at radius 1 is 0.286 bits per heavy atom. The summed E-state index contributed by atoms with van der Waals surface area (Å²) < 4.78 is 0. The molecule has 0 aliphatic rings. The largest absolute Gasteiger partial charge is 0.0654 e. The normalized spacial score (nSPS) is 11.6. The van der Waals surface area contributed by atoms with E-state index in [4.69, 9.17) is 0 Å². The summed E-state index contributed by atoms with van der Waals surface area (Å²) in [5, 5.41) is 0. The lowest BCUT2D eigenvalue weighted by Crippen LogP contribution is -2.01. The minimum atomic E-state index is 1.04. The Balaban J connectivity index is 3.52. The summed E-state index contributed by atoms with van der Waals surface area (Å²) in [4.78, 5) is 0. The van der Waals surface area contributed by atoms with Crippen LogP contribution in [0.15, 0.2) is 0 Å². The van der Waals surface area contributed by atoms with E-state index in [1.54, 1.807) is 0 Å². The van der Waals surface area contributed by atoms with Gasteiger partial charge in [-0.25, -0.2) is 0 Å². The SMILES string of the molecule is CCCCCCCCCCCCCCCC(CCCCCC)CCCCCC. The predicted octanol–water partition coefficient (Wildman–Crippen LogP) is 11.0. The van der Waals surface area contributed by atoms with Crippen molar-refractivity contribution in [2.75, 3.05) is 0 Å². The Morgan fingerprint density at radius 3 is 0.786 bits per heavy atom. The molecule has 0 heterocycles. The summed E-state index contributed by atoms with van der Waals surface area (Å²) >= 11 is 0. The van der Waals surface area contributed by atoms with E-state index in [-0.39, 0.29) is 0 Å². The molecule has 0 bridgehead atoms. The van der Waals surface area contributed by atoms with Crippen molar-refractivity contribution >= 4 is 0 Å². The molecule has 0 aromatic rings. The van der Waals surface area contributed by atoms with Gasteiger partial charge in [0.05, 0.1) is 0 Å². The summed E-state index contributed by atoms with van der Waals surface area (Å²) in [6, 6.07) is 0. The maximum Gasteiger partial charge on any atom is -0.0414 e. The van der Waals surface area contributed by atoms with Gasteiger partial charge < -0.3 is 0 Å². The van der Waals surface area contributed by atoms with Crippen molar-refractivity contribution in [3.05, 3.63) is 0 Å². The van der Waals surface area contributed by atoms with Crippen LogP contribution in [0.4, 0.5) is 0 Å². The van der Waals surface area contributed by atoms with Crippen molar-refractivity contribution in [1.29, 1.82) is 0 Å². The molecule has 0 saturated heterocycles. The van der Waals surface area contributed by atoms with Gasteiger partial charge in [0.1, 0.15) is 0 Å². The zero-order valence-electron chi connectivity index (χ0n) is 20.5. The van der Waals surface area contributed by atoms with E-state index in [0.717, 1.165) is 5.92 Å². The van der Waals surface area contributed by atoms with Gasteiger partial charge in [0.2, 0.25) is 0 Å². The molecular formula is C28H58. The molecule has 0 unspecified atom stereocenters. The van der Waals surface area contributed by atoms with Crippen molar-refractivity contribution in [3.8, 4) is 0 Å². The number of hydrogen-bond acceptors (Lipinski definition) is 0. The fourth-order valence-corrected chi connectivity index (χ4v) is 4.60. The first-order chi connectivity index (χ1) is 13.8. The zero-order chi connectivity index (χ0) is 20.5. The minimum absolute atomic E-state index is 1.04. The van der Waals surface area contributed by atoms with Crippen LogP contribution in [0, 0.1) is 5.92 Å². The van der Waals surface area contributed by atoms with Crippen LogP contribution in [0.25, 0.3) is 0 Å². The van der Waals surface area contributed by atoms with Crippen LogP contribution in [-0.4, -0.2) is 0 Å². The molecule has 0 rings (SSSR count). The molecule has 0 heteroatoms. The summed E-state index contributed by atoms with van der Waals surface area (Å²) in [5.41, 5.74) is 0. The highest BCUT2D eigenvalue weighted by atomic mass is 14.1. The topological polar surface area (TPSA) is 0 Å². The molecule has 0 aromatic carbocycles. The van der Waals surface area contributed by atoms with Crippen LogP contribution in [0.2, 0.25) is 0 Å². The highest BCUT2D eigenvalue weighted by molar-refractivity contribution is 4.62. The van der Waals surface area contributed by atoms with Gasteiger partial charge in [0.15, 0.2) is 0 Å². The number of unbranched alkanes of at least 4 members (excludes halogenated alkanes) is 18. The standard InChI is InChI=1S/C28H58/c1-4-7-10-13-14-15-16-17-18-19-20-21-24-27-28(25-22-11-8-5-2)26-23-12-9-6-3/h28H,4-27H2,1-3H3. The third kappa shape index (κ3) is 22.3. The van der Waals surface area contributed by atoms with E-state index in [1.165, 1.54) is 154 Å². The van der Waals surface area contributed by atoms with Gasteiger partial charge >= 0.3 is 0 Å². The molecule has 0 radical (unpaired) electrons. The molecule has 0 fully saturated rings. The van der Waals surface area contributed by atoms with Crippen LogP contribution >= 0.6 is 0 Å². The second-order valence-corrected chi connectivity index (χ2v) is 9.60. The minimum Gasteiger partial charge on any atom is -0.0654 e. The third-order valence-corrected chi connectivity index (χ3v) is 6.65. The average Bonchev–Trinajstić information content (AvgIpc) is 2.71. The second kappa shape index (κ2) is 25.0. The van der Waals surface area contributed by atoms with E-state index in [2.05, 4.69) is 20.8 Å². The molecule has 0 aromatic heterocycles. The van der Waals surface area contributed by atoms with Crippen LogP contribution in [0.3, 0.4) is 0 Å².